The summed E-state index contributed by atoms with van der Waals surface area (Å²) in [4.78, 5) is 17.2. The maximum atomic E-state index is 13.0. The normalized spacial score (nSPS) is 16.4. The van der Waals surface area contributed by atoms with Crippen molar-refractivity contribution in [1.82, 2.24) is 9.58 Å². The summed E-state index contributed by atoms with van der Waals surface area (Å²) in [5.41, 5.74) is 3.55. The third-order valence-electron chi connectivity index (χ3n) is 6.03. The SMILES string of the molecule is N=C1/C(=C\c2cn(Cc3ccc(Cl)cc3Cl)c3ccccc23)C(=O)N=C2SC(c3ccccc3Cl)=NN12. The molecule has 0 radical (unpaired) electrons. The summed E-state index contributed by atoms with van der Waals surface area (Å²) in [5.74, 6) is -0.529. The van der Waals surface area contributed by atoms with Crippen LogP contribution in [0.3, 0.4) is 0 Å². The summed E-state index contributed by atoms with van der Waals surface area (Å²) in [5, 5.41) is 18.2. The van der Waals surface area contributed by atoms with Gasteiger partial charge in [-0.3, -0.25) is 10.2 Å². The molecule has 4 aromatic rings. The fourth-order valence-electron chi connectivity index (χ4n) is 4.25. The Hall–Kier alpha value is -3.36. The van der Waals surface area contributed by atoms with Crippen LogP contribution < -0.4 is 0 Å². The zero-order valence-electron chi connectivity index (χ0n) is 19.0. The number of hydrazone groups is 1. The Balaban J connectivity index is 1.38. The molecule has 1 amide bonds. The molecule has 3 heterocycles. The molecular weight excluding hydrogens is 549 g/mol. The number of para-hydroxylation sites is 1. The van der Waals surface area contributed by atoms with E-state index in [9.17, 15) is 4.79 Å². The number of carbonyl (C=O) groups is 1. The summed E-state index contributed by atoms with van der Waals surface area (Å²) in [6.07, 6.45) is 3.64. The van der Waals surface area contributed by atoms with Crippen LogP contribution in [0, 0.1) is 5.41 Å². The van der Waals surface area contributed by atoms with Crippen LogP contribution in [0.4, 0.5) is 0 Å². The number of aromatic nitrogens is 1. The largest absolute Gasteiger partial charge is 0.342 e. The Morgan fingerprint density at radius 2 is 1.76 bits per heavy atom. The highest BCUT2D eigenvalue weighted by Crippen LogP contribution is 2.34. The molecule has 1 N–H and O–H groups in total. The van der Waals surface area contributed by atoms with Crippen LogP contribution in [0.1, 0.15) is 16.7 Å². The molecule has 0 fully saturated rings. The van der Waals surface area contributed by atoms with Gasteiger partial charge in [0.2, 0.25) is 5.17 Å². The van der Waals surface area contributed by atoms with Crippen LogP contribution in [-0.2, 0) is 11.3 Å². The molecule has 1 aromatic heterocycles. The van der Waals surface area contributed by atoms with Crippen molar-refractivity contribution in [3.05, 3.63) is 110 Å². The predicted octanol–water partition coefficient (Wildman–Crippen LogP) is 7.32. The number of benzene rings is 3. The van der Waals surface area contributed by atoms with Crippen molar-refractivity contribution in [1.29, 1.82) is 5.41 Å². The number of amides is 1. The summed E-state index contributed by atoms with van der Waals surface area (Å²) in [7, 11) is 0. The highest BCUT2D eigenvalue weighted by atomic mass is 35.5. The molecule has 0 saturated heterocycles. The molecule has 6 nitrogen and oxygen atoms in total. The second-order valence-corrected chi connectivity index (χ2v) is 10.6. The molecule has 0 saturated carbocycles. The van der Waals surface area contributed by atoms with E-state index in [1.165, 1.54) is 16.8 Å². The van der Waals surface area contributed by atoms with Gasteiger partial charge < -0.3 is 4.57 Å². The number of rotatable bonds is 4. The van der Waals surface area contributed by atoms with Crippen LogP contribution in [0.25, 0.3) is 17.0 Å². The summed E-state index contributed by atoms with van der Waals surface area (Å²) in [6, 6.07) is 20.6. The molecule has 2 aliphatic rings. The van der Waals surface area contributed by atoms with Gasteiger partial charge >= 0.3 is 0 Å². The zero-order valence-corrected chi connectivity index (χ0v) is 22.0. The van der Waals surface area contributed by atoms with Gasteiger partial charge in [0.05, 0.1) is 10.6 Å². The smallest absolute Gasteiger partial charge is 0.283 e. The molecule has 0 unspecified atom stereocenters. The Labute approximate surface area is 231 Å². The van der Waals surface area contributed by atoms with Crippen LogP contribution >= 0.6 is 46.6 Å². The maximum absolute atomic E-state index is 13.0. The first-order valence-corrected chi connectivity index (χ1v) is 13.1. The van der Waals surface area contributed by atoms with E-state index in [0.717, 1.165) is 27.6 Å². The number of hydrogen-bond acceptors (Lipinski definition) is 4. The third-order valence-corrected chi connectivity index (χ3v) is 7.89. The van der Waals surface area contributed by atoms with Gasteiger partial charge in [-0.15, -0.1) is 0 Å². The number of nitrogens with one attached hydrogen (secondary N) is 1. The fourth-order valence-corrected chi connectivity index (χ4v) is 5.93. The minimum Gasteiger partial charge on any atom is -0.342 e. The number of halogens is 3. The van der Waals surface area contributed by atoms with Gasteiger partial charge in [0.15, 0.2) is 5.84 Å². The van der Waals surface area contributed by atoms with Crippen LogP contribution in [0.5, 0.6) is 0 Å². The average Bonchev–Trinajstić information content (AvgIpc) is 3.45. The molecule has 0 aliphatic carbocycles. The maximum Gasteiger partial charge on any atom is 0.283 e. The Morgan fingerprint density at radius 1 is 0.973 bits per heavy atom. The number of nitrogens with zero attached hydrogens (tertiary/aromatic N) is 4. The average molecular weight is 565 g/mol. The van der Waals surface area contributed by atoms with Gasteiger partial charge in [-0.25, -0.2) is 0 Å². The number of thioether (sulfide) groups is 1. The number of fused-ring (bicyclic) bond motifs is 2. The Kier molecular flexibility index (Phi) is 6.16. The topological polar surface area (TPSA) is 73.8 Å². The predicted molar refractivity (Wildman–Crippen MR) is 153 cm³/mol. The molecule has 0 bridgehead atoms. The minimum atomic E-state index is -0.489. The molecule has 3 aromatic carbocycles. The van der Waals surface area contributed by atoms with Gasteiger partial charge in [0.25, 0.3) is 5.91 Å². The fraction of sp³-hybridized carbons (Fsp3) is 0.0370. The summed E-state index contributed by atoms with van der Waals surface area (Å²) in [6.45, 7) is 0.516. The first-order valence-electron chi connectivity index (χ1n) is 11.2. The molecular formula is C27H16Cl3N5OS. The van der Waals surface area contributed by atoms with Gasteiger partial charge in [0.1, 0.15) is 5.04 Å². The van der Waals surface area contributed by atoms with Gasteiger partial charge in [-0.05, 0) is 47.7 Å². The third kappa shape index (κ3) is 4.38. The van der Waals surface area contributed by atoms with E-state index in [1.54, 1.807) is 24.3 Å². The molecule has 37 heavy (non-hydrogen) atoms. The standard InChI is InChI=1S/C27H16Cl3N5OS/c28-17-10-9-15(22(30)12-17)13-34-14-16(18-5-2-4-8-23(18)34)11-20-24(31)35-27(32-25(20)36)37-26(33-35)19-6-1-3-7-21(19)29/h1-12,14,31H,13H2/b20-11+,31-24?. The van der Waals surface area contributed by atoms with Crippen molar-refractivity contribution in [3.8, 4) is 0 Å². The van der Waals surface area contributed by atoms with Gasteiger partial charge in [0, 0.05) is 44.8 Å². The highest BCUT2D eigenvalue weighted by Gasteiger charge is 2.36. The number of hydrogen-bond donors (Lipinski definition) is 1. The Bertz CT molecular complexity index is 1720. The molecule has 0 atom stereocenters. The van der Waals surface area contributed by atoms with Crippen LogP contribution in [-0.4, -0.2) is 31.5 Å². The second-order valence-electron chi connectivity index (χ2n) is 8.37. The number of amidine groups is 2. The van der Waals surface area contributed by atoms with Crippen LogP contribution in [0.2, 0.25) is 15.1 Å². The quantitative estimate of drug-likeness (QED) is 0.264. The number of aliphatic imine (C=N–C) groups is 1. The molecule has 2 aliphatic heterocycles. The van der Waals surface area contributed by atoms with Crippen molar-refractivity contribution in [2.75, 3.05) is 0 Å². The zero-order chi connectivity index (χ0) is 25.7. The van der Waals surface area contributed by atoms with E-state index in [4.69, 9.17) is 40.2 Å². The molecule has 182 valence electrons. The van der Waals surface area contributed by atoms with Gasteiger partial charge in [-0.1, -0.05) is 77.3 Å². The van der Waals surface area contributed by atoms with E-state index in [1.807, 2.05) is 54.7 Å². The monoisotopic (exact) mass is 563 g/mol. The lowest BCUT2D eigenvalue weighted by Gasteiger charge is -2.20. The molecule has 6 rings (SSSR count). The van der Waals surface area contributed by atoms with Crippen molar-refractivity contribution in [2.45, 2.75) is 6.54 Å². The van der Waals surface area contributed by atoms with E-state index >= 15 is 0 Å². The highest BCUT2D eigenvalue weighted by molar-refractivity contribution is 8.27. The summed E-state index contributed by atoms with van der Waals surface area (Å²) < 4.78 is 2.06. The lowest BCUT2D eigenvalue weighted by Crippen LogP contribution is -2.35. The van der Waals surface area contributed by atoms with E-state index < -0.39 is 5.91 Å². The van der Waals surface area contributed by atoms with Crippen molar-refractivity contribution >= 4 is 85.5 Å². The van der Waals surface area contributed by atoms with Crippen molar-refractivity contribution < 1.29 is 4.79 Å². The lowest BCUT2D eigenvalue weighted by atomic mass is 10.1. The van der Waals surface area contributed by atoms with Crippen LogP contribution in [0.15, 0.2) is 88.6 Å². The van der Waals surface area contributed by atoms with E-state index in [-0.39, 0.29) is 11.4 Å². The van der Waals surface area contributed by atoms with Gasteiger partial charge in [-0.2, -0.15) is 15.1 Å². The van der Waals surface area contributed by atoms with E-state index in [2.05, 4.69) is 14.7 Å². The first kappa shape index (κ1) is 24.0. The van der Waals surface area contributed by atoms with Crippen molar-refractivity contribution in [3.63, 3.8) is 0 Å². The lowest BCUT2D eigenvalue weighted by molar-refractivity contribution is -0.114. The first-order chi connectivity index (χ1) is 17.9. The number of carbonyl (C=O) groups excluding carboxylic acids is 1. The molecule has 10 heteroatoms. The second kappa shape index (κ2) is 9.50. The summed E-state index contributed by atoms with van der Waals surface area (Å²) >= 11 is 20.0. The molecule has 0 spiro atoms. The Morgan fingerprint density at radius 3 is 2.57 bits per heavy atom. The minimum absolute atomic E-state index is 0.0397. The van der Waals surface area contributed by atoms with E-state index in [0.29, 0.717) is 31.8 Å². The van der Waals surface area contributed by atoms with Crippen molar-refractivity contribution in [2.24, 2.45) is 10.1 Å².